The summed E-state index contributed by atoms with van der Waals surface area (Å²) in [5.74, 6) is 1.31. The molecular formula is C26H53N3O4S. The number of hydrogen-bond donors (Lipinski definition) is 1. The van der Waals surface area contributed by atoms with Gasteiger partial charge in [0.1, 0.15) is 0 Å². The Kier molecular flexibility index (Phi) is 23.1. The third kappa shape index (κ3) is 20.4. The smallest absolute Gasteiger partial charge is 0.357 e. The van der Waals surface area contributed by atoms with Crippen LogP contribution in [-0.4, -0.2) is 58.5 Å². The Hall–Kier alpha value is -0.960. The standard InChI is InChI=1S/C22H43N3.C4H10O4S/c1-2-3-4-5-6-7-8-9-10-11-12-13-14-15-16-17-22-24-19-21-25(22)20-18-23;1-3-7-9(5,6)8-4-2/h9-10H,2-8,11-21,23H2,1H3;3-4H2,1-2H3. The van der Waals surface area contributed by atoms with Crippen molar-refractivity contribution in [2.75, 3.05) is 39.4 Å². The van der Waals surface area contributed by atoms with Crippen LogP contribution in [0.4, 0.5) is 0 Å². The molecule has 1 aliphatic heterocycles. The molecular weight excluding hydrogens is 450 g/mol. The number of nitrogens with two attached hydrogens (primary N) is 1. The average molecular weight is 504 g/mol. The fraction of sp³-hybridized carbons (Fsp3) is 0.885. The maximum atomic E-state index is 10.4. The van der Waals surface area contributed by atoms with E-state index in [-0.39, 0.29) is 13.2 Å². The van der Waals surface area contributed by atoms with Gasteiger partial charge in [0.05, 0.1) is 25.6 Å². The maximum absolute atomic E-state index is 10.4. The third-order valence-electron chi connectivity index (χ3n) is 5.61. The van der Waals surface area contributed by atoms with E-state index in [1.165, 1.54) is 89.3 Å². The highest BCUT2D eigenvalue weighted by Gasteiger charge is 2.14. The van der Waals surface area contributed by atoms with E-state index < -0.39 is 10.4 Å². The molecule has 34 heavy (non-hydrogen) atoms. The number of hydrogen-bond acceptors (Lipinski definition) is 7. The van der Waals surface area contributed by atoms with E-state index in [0.29, 0.717) is 0 Å². The highest BCUT2D eigenvalue weighted by atomic mass is 32.3. The fourth-order valence-electron chi connectivity index (χ4n) is 3.84. The zero-order valence-electron chi connectivity index (χ0n) is 22.3. The van der Waals surface area contributed by atoms with Crippen molar-refractivity contribution < 1.29 is 16.8 Å². The topological polar surface area (TPSA) is 94.2 Å². The third-order valence-corrected chi connectivity index (χ3v) is 6.66. The van der Waals surface area contributed by atoms with Crippen LogP contribution in [0.15, 0.2) is 17.1 Å². The molecule has 0 aromatic rings. The number of unbranched alkanes of at least 4 members (excludes halogenated alkanes) is 11. The number of rotatable bonds is 21. The van der Waals surface area contributed by atoms with Gasteiger partial charge < -0.3 is 10.6 Å². The molecule has 0 atom stereocenters. The summed E-state index contributed by atoms with van der Waals surface area (Å²) in [5.41, 5.74) is 5.65. The van der Waals surface area contributed by atoms with Crippen molar-refractivity contribution in [2.24, 2.45) is 10.7 Å². The van der Waals surface area contributed by atoms with Gasteiger partial charge in [0, 0.05) is 26.1 Å². The highest BCUT2D eigenvalue weighted by molar-refractivity contribution is 7.81. The van der Waals surface area contributed by atoms with Gasteiger partial charge >= 0.3 is 10.4 Å². The van der Waals surface area contributed by atoms with Crippen LogP contribution < -0.4 is 5.73 Å². The Balaban J connectivity index is 0.00000102. The molecule has 0 spiro atoms. The first-order valence-corrected chi connectivity index (χ1v) is 15.0. The lowest BCUT2D eigenvalue weighted by Gasteiger charge is -2.19. The summed E-state index contributed by atoms with van der Waals surface area (Å²) < 4.78 is 29.2. The molecule has 0 saturated heterocycles. The van der Waals surface area contributed by atoms with Crippen LogP contribution in [-0.2, 0) is 18.8 Å². The Labute approximate surface area is 210 Å². The van der Waals surface area contributed by atoms with Crippen LogP contribution >= 0.6 is 0 Å². The molecule has 1 aliphatic rings. The fourth-order valence-corrected chi connectivity index (χ4v) is 4.48. The molecule has 0 aromatic carbocycles. The second-order valence-electron chi connectivity index (χ2n) is 8.63. The number of aliphatic imine (C=N–C) groups is 1. The lowest BCUT2D eigenvalue weighted by molar-refractivity contribution is 0.231. The quantitative estimate of drug-likeness (QED) is 0.152. The average Bonchev–Trinajstić information content (AvgIpc) is 3.24. The Bertz CT molecular complexity index is 597. The summed E-state index contributed by atoms with van der Waals surface area (Å²) in [7, 11) is -3.68. The molecule has 202 valence electrons. The van der Waals surface area contributed by atoms with E-state index in [0.717, 1.165) is 32.6 Å². The maximum Gasteiger partial charge on any atom is 0.399 e. The van der Waals surface area contributed by atoms with Crippen LogP contribution in [0.5, 0.6) is 0 Å². The largest absolute Gasteiger partial charge is 0.399 e. The molecule has 0 aromatic heterocycles. The van der Waals surface area contributed by atoms with Gasteiger partial charge in [-0.25, -0.2) is 8.37 Å². The number of nitrogens with zero attached hydrogens (tertiary/aromatic N) is 2. The van der Waals surface area contributed by atoms with Gasteiger partial charge in [0.25, 0.3) is 0 Å². The molecule has 0 aliphatic carbocycles. The van der Waals surface area contributed by atoms with Gasteiger partial charge in [-0.05, 0) is 46.0 Å². The summed E-state index contributed by atoms with van der Waals surface area (Å²) in [6.07, 6.45) is 23.7. The molecule has 0 unspecified atom stereocenters. The monoisotopic (exact) mass is 503 g/mol. The van der Waals surface area contributed by atoms with E-state index in [1.54, 1.807) is 13.8 Å². The molecule has 1 heterocycles. The lowest BCUT2D eigenvalue weighted by Crippen LogP contribution is -2.32. The first kappa shape index (κ1) is 33.0. The van der Waals surface area contributed by atoms with E-state index in [2.05, 4.69) is 37.3 Å². The Morgan fingerprint density at radius 2 is 1.38 bits per heavy atom. The molecule has 7 nitrogen and oxygen atoms in total. The molecule has 0 amide bonds. The van der Waals surface area contributed by atoms with Gasteiger partial charge in [-0.15, -0.1) is 0 Å². The SMILES string of the molecule is CCCCCCCCC=CCCCCCCCC1=NCCN1CCN.CCOS(=O)(=O)OCC. The molecule has 1 rings (SSSR count). The first-order valence-electron chi connectivity index (χ1n) is 13.7. The van der Waals surface area contributed by atoms with Gasteiger partial charge in [-0.1, -0.05) is 70.4 Å². The minimum Gasteiger partial charge on any atom is -0.357 e. The lowest BCUT2D eigenvalue weighted by atomic mass is 10.1. The highest BCUT2D eigenvalue weighted by Crippen LogP contribution is 2.12. The summed E-state index contributed by atoms with van der Waals surface area (Å²) in [5, 5.41) is 0. The molecule has 0 bridgehead atoms. The summed E-state index contributed by atoms with van der Waals surface area (Å²) in [6, 6.07) is 0. The van der Waals surface area contributed by atoms with E-state index >= 15 is 0 Å². The van der Waals surface area contributed by atoms with Crippen LogP contribution in [0.1, 0.15) is 111 Å². The van der Waals surface area contributed by atoms with Crippen LogP contribution in [0.25, 0.3) is 0 Å². The zero-order valence-corrected chi connectivity index (χ0v) is 23.1. The first-order chi connectivity index (χ1) is 16.5. The van der Waals surface area contributed by atoms with E-state index in [1.807, 2.05) is 0 Å². The molecule has 0 saturated carbocycles. The molecule has 8 heteroatoms. The summed E-state index contributed by atoms with van der Waals surface area (Å²) in [6.45, 7) is 9.44. The predicted molar refractivity (Wildman–Crippen MR) is 145 cm³/mol. The van der Waals surface area contributed by atoms with Crippen molar-refractivity contribution in [2.45, 2.75) is 111 Å². The van der Waals surface area contributed by atoms with Crippen molar-refractivity contribution in [3.63, 3.8) is 0 Å². The van der Waals surface area contributed by atoms with Crippen molar-refractivity contribution >= 4 is 16.2 Å². The normalized spacial score (nSPS) is 13.9. The van der Waals surface area contributed by atoms with Gasteiger partial charge in [0.15, 0.2) is 0 Å². The zero-order chi connectivity index (χ0) is 25.3. The van der Waals surface area contributed by atoms with Crippen LogP contribution in [0, 0.1) is 0 Å². The number of amidine groups is 1. The van der Waals surface area contributed by atoms with Crippen molar-refractivity contribution in [1.29, 1.82) is 0 Å². The Morgan fingerprint density at radius 1 is 0.853 bits per heavy atom. The van der Waals surface area contributed by atoms with E-state index in [4.69, 9.17) is 5.73 Å². The van der Waals surface area contributed by atoms with Gasteiger partial charge in [0.2, 0.25) is 0 Å². The second-order valence-corrected chi connectivity index (χ2v) is 9.92. The minimum absolute atomic E-state index is 0.113. The van der Waals surface area contributed by atoms with Crippen molar-refractivity contribution in [3.05, 3.63) is 12.2 Å². The van der Waals surface area contributed by atoms with E-state index in [9.17, 15) is 8.42 Å². The summed E-state index contributed by atoms with van der Waals surface area (Å²) >= 11 is 0. The van der Waals surface area contributed by atoms with Gasteiger partial charge in [-0.3, -0.25) is 4.99 Å². The molecule has 0 fully saturated rings. The van der Waals surface area contributed by atoms with Crippen molar-refractivity contribution in [1.82, 2.24) is 4.90 Å². The second kappa shape index (κ2) is 23.8. The van der Waals surface area contributed by atoms with Crippen molar-refractivity contribution in [3.8, 4) is 0 Å². The van der Waals surface area contributed by atoms with Crippen LogP contribution in [0.2, 0.25) is 0 Å². The molecule has 2 N–H and O–H groups in total. The minimum atomic E-state index is -3.68. The Morgan fingerprint density at radius 3 is 1.91 bits per heavy atom. The van der Waals surface area contributed by atoms with Crippen LogP contribution in [0.3, 0.4) is 0 Å². The van der Waals surface area contributed by atoms with Gasteiger partial charge in [-0.2, -0.15) is 8.42 Å². The number of allylic oxidation sites excluding steroid dienone is 2. The predicted octanol–water partition coefficient (Wildman–Crippen LogP) is 6.00. The molecule has 0 radical (unpaired) electrons. The summed E-state index contributed by atoms with van der Waals surface area (Å²) in [4.78, 5) is 6.99.